The Morgan fingerprint density at radius 1 is 0.380 bits per heavy atom. The molecule has 0 aromatic heterocycles. The molecule has 16 amide bonds. The summed E-state index contributed by atoms with van der Waals surface area (Å²) in [5.41, 5.74) is -4.38. The molecule has 11 fully saturated rings. The molecule has 11 saturated heterocycles. The Labute approximate surface area is 588 Å². The third kappa shape index (κ3) is 8.57. The molecule has 34 nitrogen and oxygen atoms in total. The predicted molar refractivity (Wildman–Crippen MR) is 306 cm³/mol. The maximum atomic E-state index is 15.6. The molecule has 0 atom stereocenters. The number of nitrogens with zero attached hydrogens (tertiary/aromatic N) is 16. The Bertz CT molecular complexity index is 3630. The van der Waals surface area contributed by atoms with Crippen LogP contribution in [-0.4, -0.2) is 289 Å². The van der Waals surface area contributed by atoms with E-state index < -0.39 is 167 Å². The van der Waals surface area contributed by atoms with Crippen LogP contribution in [0.15, 0.2) is 24.3 Å². The summed E-state index contributed by atoms with van der Waals surface area (Å²) in [6.07, 6.45) is -5.21. The monoisotopic (exact) mass is 1460 g/mol. The summed E-state index contributed by atoms with van der Waals surface area (Å²) in [5.74, 6) is -0.188. The molecule has 0 radical (unpaired) electrons. The number of urea groups is 8. The van der Waals surface area contributed by atoms with Crippen molar-refractivity contribution in [3.05, 3.63) is 46.5 Å². The first-order valence-electron chi connectivity index (χ1n) is 29.1. The summed E-state index contributed by atoms with van der Waals surface area (Å²) in [5, 5.41) is 1.03. The molecule has 0 saturated carbocycles. The van der Waals surface area contributed by atoms with E-state index in [1.54, 1.807) is 49.6 Å². The Morgan fingerprint density at radius 3 is 0.826 bits per heavy atom. The molecule has 2 aromatic rings. The van der Waals surface area contributed by atoms with Crippen molar-refractivity contribution in [2.75, 3.05) is 88.6 Å². The van der Waals surface area contributed by atoms with Crippen LogP contribution in [0, 0.1) is 0 Å². The molecule has 0 aliphatic carbocycles. The van der Waals surface area contributed by atoms with Crippen molar-refractivity contribution in [1.82, 2.24) is 78.4 Å². The summed E-state index contributed by atoms with van der Waals surface area (Å²) in [4.78, 5) is 147. The topological polar surface area (TPSA) is 340 Å². The first-order chi connectivity index (χ1) is 42.6. The smallest absolute Gasteiger partial charge is 0.748 e. The van der Waals surface area contributed by atoms with Gasteiger partial charge >= 0.3 is 107 Å². The van der Waals surface area contributed by atoms with E-state index in [9.17, 15) is 25.9 Å². The van der Waals surface area contributed by atoms with Crippen molar-refractivity contribution >= 4 is 100 Å². The van der Waals surface area contributed by atoms with Gasteiger partial charge in [-0.05, 0) is 64.8 Å². The molecule has 0 bridgehead atoms. The molecule has 40 heteroatoms. The fourth-order valence-electron chi connectivity index (χ4n) is 16.3. The van der Waals surface area contributed by atoms with E-state index in [0.717, 1.165) is 0 Å². The number of amides is 16. The largest absolute Gasteiger partial charge is 1.00 e. The standard InChI is InChI=1S/C52H62Br2N16O18S2.2Na/c1-49-51(3)67-25-59-39-37-55(41(59)71)23-57-38-40-61(43(57)73)27-69-47(77)65-21-31-32(36(88-16-12-54)10-9-35(31)87-15-11-53)22-66-48(78)70(52(69,4)50(65,66)2)28-62(40)44(74)58(38)24-56(37)42(72)60(39)26-68(51)46(76)64(49)20-30-29(19-63(49)45(67)75)33(85-13-5-17-89(79,80)81)7-8-34(30)86-14-6-18-90(82,83)84;;/h7-10,37-40H,5-6,11-28H2,1-4H3,(H,79,80,81)(H,82,83,84);;/q;2*+1/p-2. The first-order valence-corrected chi connectivity index (χ1v) is 34.5. The van der Waals surface area contributed by atoms with E-state index in [1.807, 2.05) is 0 Å². The van der Waals surface area contributed by atoms with Crippen LogP contribution in [0.1, 0.15) is 62.8 Å². The molecule has 13 heterocycles. The minimum absolute atomic E-state index is 0. The second-order valence-corrected chi connectivity index (χ2v) is 29.3. The molecule has 13 aliphatic rings. The Kier molecular flexibility index (Phi) is 15.6. The quantitative estimate of drug-likeness (QED) is 0.0661. The van der Waals surface area contributed by atoms with Gasteiger partial charge in [0, 0.05) is 44.4 Å². The number of hydrogen-bond donors (Lipinski definition) is 0. The number of ether oxygens (including phenoxy) is 4. The number of hydrogen-bond acceptors (Lipinski definition) is 18. The number of carbonyl (C=O) groups is 8. The number of fused-ring (bicyclic) bond motifs is 2. The van der Waals surface area contributed by atoms with Gasteiger partial charge in [0.05, 0.1) is 72.8 Å². The van der Waals surface area contributed by atoms with Crippen LogP contribution in [-0.2, 0) is 46.4 Å². The number of halogens is 2. The number of rotatable bonds is 16. The number of carbonyl (C=O) groups excluding carboxylic acids is 8. The normalized spacial score (nSPS) is 30.2. The molecule has 0 spiro atoms. The van der Waals surface area contributed by atoms with Gasteiger partial charge in [0.2, 0.25) is 0 Å². The molecule has 0 N–H and O–H groups in total. The third-order valence-corrected chi connectivity index (χ3v) is 23.1. The van der Waals surface area contributed by atoms with Crippen LogP contribution < -0.4 is 78.1 Å². The van der Waals surface area contributed by atoms with E-state index in [2.05, 4.69) is 31.9 Å². The Morgan fingerprint density at radius 2 is 0.598 bits per heavy atom. The molecular weight excluding hydrogens is 1410 g/mol. The molecule has 15 rings (SSSR count). The summed E-state index contributed by atoms with van der Waals surface area (Å²) in [6, 6.07) is 1.45. The Hall–Kier alpha value is -5.42. The molecule has 2 aromatic carbocycles. The van der Waals surface area contributed by atoms with Crippen LogP contribution >= 0.6 is 31.9 Å². The maximum Gasteiger partial charge on any atom is 1.00 e. The van der Waals surface area contributed by atoms with Crippen LogP contribution in [0.25, 0.3) is 0 Å². The summed E-state index contributed by atoms with van der Waals surface area (Å²) < 4.78 is 93.7. The minimum Gasteiger partial charge on any atom is -0.748 e. The van der Waals surface area contributed by atoms with Gasteiger partial charge in [-0.3, -0.25) is 78.4 Å². The molecule has 484 valence electrons. The zero-order chi connectivity index (χ0) is 63.6. The summed E-state index contributed by atoms with van der Waals surface area (Å²) in [7, 11) is -9.22. The van der Waals surface area contributed by atoms with E-state index in [-0.39, 0.29) is 123 Å². The van der Waals surface area contributed by atoms with Gasteiger partial charge in [0.25, 0.3) is 0 Å². The van der Waals surface area contributed by atoms with Gasteiger partial charge < -0.3 is 28.1 Å². The van der Waals surface area contributed by atoms with Crippen LogP contribution in [0.5, 0.6) is 23.0 Å². The maximum absolute atomic E-state index is 15.6. The summed E-state index contributed by atoms with van der Waals surface area (Å²) in [6.45, 7) is 3.49. The van der Waals surface area contributed by atoms with Gasteiger partial charge in [-0.15, -0.1) is 0 Å². The second kappa shape index (κ2) is 22.1. The first kappa shape index (κ1) is 65.3. The zero-order valence-electron chi connectivity index (χ0n) is 50.8. The Balaban J connectivity index is 0.00000386. The van der Waals surface area contributed by atoms with Crippen molar-refractivity contribution in [3.63, 3.8) is 0 Å². The molecule has 0 unspecified atom stereocenters. The minimum atomic E-state index is -4.61. The van der Waals surface area contributed by atoms with Gasteiger partial charge in [0.1, 0.15) is 63.0 Å². The van der Waals surface area contributed by atoms with E-state index >= 15 is 38.4 Å². The fourth-order valence-corrected chi connectivity index (χ4v) is 17.6. The van der Waals surface area contributed by atoms with E-state index in [1.165, 1.54) is 80.7 Å². The van der Waals surface area contributed by atoms with Crippen molar-refractivity contribution in [2.24, 2.45) is 0 Å². The van der Waals surface area contributed by atoms with Crippen molar-refractivity contribution in [3.8, 4) is 23.0 Å². The van der Waals surface area contributed by atoms with Crippen LogP contribution in [0.2, 0.25) is 0 Å². The SMILES string of the molecule is CC12N3Cc4c(OCCBr)ccc(OCCBr)c4CN1C(=O)N1CN4C(=O)N5CN6C(=O)N7CN8C(=O)N9Cc%10c(OCCCS(=O)(=O)[O-])ccc(OCCCS(=O)(=O)[O-])c%10CN%10C(=O)N(CN%11C(=O)N(CN%12C(=O)N(CN(C3=O)C12C)C4C%125)C6C%117)C8(C)C%109C.[Na+].[Na+]. The average Bonchev–Trinajstić information content (AvgIpc) is 1.50. The van der Waals surface area contributed by atoms with Crippen molar-refractivity contribution in [1.29, 1.82) is 0 Å². The average molecular weight is 1470 g/mol. The van der Waals surface area contributed by atoms with Crippen LogP contribution in [0.4, 0.5) is 38.4 Å². The zero-order valence-corrected chi connectivity index (χ0v) is 59.6. The predicted octanol–water partition coefficient (Wildman–Crippen LogP) is -4.55. The summed E-state index contributed by atoms with van der Waals surface area (Å²) >= 11 is 6.87. The van der Waals surface area contributed by atoms with Crippen molar-refractivity contribution in [2.45, 2.75) is 114 Å². The number of benzene rings is 2. The third-order valence-electron chi connectivity index (χ3n) is 20.9. The van der Waals surface area contributed by atoms with Gasteiger partial charge in [-0.2, -0.15) is 0 Å². The van der Waals surface area contributed by atoms with E-state index in [4.69, 9.17) is 18.9 Å². The fraction of sp³-hybridized carbons (Fsp3) is 0.615. The molecular formula is C52H60Br2N16Na2O18S2. The van der Waals surface area contributed by atoms with Gasteiger partial charge in [0.15, 0.2) is 47.3 Å². The van der Waals surface area contributed by atoms with Crippen LogP contribution in [0.3, 0.4) is 0 Å². The second-order valence-electron chi connectivity index (χ2n) is 24.7. The van der Waals surface area contributed by atoms with Gasteiger partial charge in [-0.1, -0.05) is 31.9 Å². The molecule has 92 heavy (non-hydrogen) atoms. The van der Waals surface area contributed by atoms with Gasteiger partial charge in [-0.25, -0.2) is 55.2 Å². The van der Waals surface area contributed by atoms with Crippen molar-refractivity contribution < 1.29 is 142 Å². The van der Waals surface area contributed by atoms with E-state index in [0.29, 0.717) is 57.6 Å². The molecule has 13 aliphatic heterocycles. The number of alkyl halides is 2.